The van der Waals surface area contributed by atoms with Crippen molar-refractivity contribution in [3.8, 4) is 0 Å². The van der Waals surface area contributed by atoms with Gasteiger partial charge in [0.15, 0.2) is 0 Å². The van der Waals surface area contributed by atoms with Crippen molar-refractivity contribution < 1.29 is 32.6 Å². The molecule has 7 nitrogen and oxygen atoms in total. The maximum absolute atomic E-state index is 13.3. The standard InChI is InChI=1S/C21H18F2N2O5/c1-2-29-20(27)17-16(11-30-19(26)13-8-14(22)10-15(23)9-13)24-21(28)25-18(17)12-6-4-3-5-7-12/h3-10,18H,2,11H2,1H3,(H2,24,25,28)/t18-/m0/s1. The molecule has 2 aromatic rings. The number of halogens is 2. The summed E-state index contributed by atoms with van der Waals surface area (Å²) >= 11 is 0. The van der Waals surface area contributed by atoms with Gasteiger partial charge in [-0.15, -0.1) is 0 Å². The number of rotatable bonds is 6. The van der Waals surface area contributed by atoms with E-state index in [4.69, 9.17) is 9.47 Å². The number of ether oxygens (including phenoxy) is 2. The zero-order valence-corrected chi connectivity index (χ0v) is 15.9. The lowest BCUT2D eigenvalue weighted by Crippen LogP contribution is -2.47. The maximum Gasteiger partial charge on any atom is 0.338 e. The SMILES string of the molecule is CCOC(=O)C1=C(COC(=O)c2cc(F)cc(F)c2)NC(=O)N[C@H]1c1ccccc1. The quantitative estimate of drug-likeness (QED) is 0.707. The highest BCUT2D eigenvalue weighted by Crippen LogP contribution is 2.28. The number of carbonyl (C=O) groups is 3. The van der Waals surface area contributed by atoms with E-state index >= 15 is 0 Å². The molecular formula is C21H18F2N2O5. The van der Waals surface area contributed by atoms with Crippen LogP contribution in [-0.2, 0) is 14.3 Å². The Labute approximate surface area is 170 Å². The molecule has 0 fully saturated rings. The zero-order chi connectivity index (χ0) is 21.7. The lowest BCUT2D eigenvalue weighted by Gasteiger charge is -2.29. The molecule has 0 saturated heterocycles. The summed E-state index contributed by atoms with van der Waals surface area (Å²) in [5.74, 6) is -3.60. The molecule has 0 saturated carbocycles. The molecule has 1 heterocycles. The Balaban J connectivity index is 1.91. The molecule has 0 aromatic heterocycles. The molecule has 0 bridgehead atoms. The van der Waals surface area contributed by atoms with Gasteiger partial charge in [0.1, 0.15) is 18.2 Å². The second-order valence-electron chi connectivity index (χ2n) is 6.29. The molecule has 0 aliphatic carbocycles. The molecule has 0 radical (unpaired) electrons. The Kier molecular flexibility index (Phi) is 6.41. The Morgan fingerprint density at radius 3 is 2.30 bits per heavy atom. The van der Waals surface area contributed by atoms with Crippen LogP contribution in [0.1, 0.15) is 28.9 Å². The first kappa shape index (κ1) is 21.0. The Hall–Kier alpha value is -3.75. The first-order valence-corrected chi connectivity index (χ1v) is 9.05. The second kappa shape index (κ2) is 9.17. The number of amides is 2. The zero-order valence-electron chi connectivity index (χ0n) is 15.9. The van der Waals surface area contributed by atoms with Crippen molar-refractivity contribution in [3.05, 3.63) is 82.6 Å². The predicted octanol–water partition coefficient (Wildman–Crippen LogP) is 2.99. The Morgan fingerprint density at radius 1 is 1.00 bits per heavy atom. The summed E-state index contributed by atoms with van der Waals surface area (Å²) in [6, 6.07) is 9.51. The molecule has 156 valence electrons. The van der Waals surface area contributed by atoms with E-state index in [9.17, 15) is 23.2 Å². The molecule has 1 atom stereocenters. The van der Waals surface area contributed by atoms with Gasteiger partial charge in [0.05, 0.1) is 29.5 Å². The topological polar surface area (TPSA) is 93.7 Å². The van der Waals surface area contributed by atoms with Crippen LogP contribution in [0.25, 0.3) is 0 Å². The van der Waals surface area contributed by atoms with E-state index in [1.54, 1.807) is 37.3 Å². The Morgan fingerprint density at radius 2 is 1.67 bits per heavy atom. The average Bonchev–Trinajstić information content (AvgIpc) is 2.71. The number of nitrogens with one attached hydrogen (secondary N) is 2. The summed E-state index contributed by atoms with van der Waals surface area (Å²) in [6.07, 6.45) is 0. The van der Waals surface area contributed by atoms with Gasteiger partial charge >= 0.3 is 18.0 Å². The summed E-state index contributed by atoms with van der Waals surface area (Å²) in [5.41, 5.74) is 0.342. The van der Waals surface area contributed by atoms with Crippen LogP contribution in [0.5, 0.6) is 0 Å². The molecule has 30 heavy (non-hydrogen) atoms. The first-order valence-electron chi connectivity index (χ1n) is 9.05. The molecule has 2 N–H and O–H groups in total. The number of hydrogen-bond donors (Lipinski definition) is 2. The van der Waals surface area contributed by atoms with Crippen molar-refractivity contribution in [1.29, 1.82) is 0 Å². The third-order valence-corrected chi connectivity index (χ3v) is 4.23. The van der Waals surface area contributed by atoms with Crippen LogP contribution < -0.4 is 10.6 Å². The van der Waals surface area contributed by atoms with E-state index in [2.05, 4.69) is 10.6 Å². The molecule has 1 aliphatic rings. The van der Waals surface area contributed by atoms with Crippen LogP contribution >= 0.6 is 0 Å². The van der Waals surface area contributed by atoms with Gasteiger partial charge in [-0.2, -0.15) is 0 Å². The normalized spacial score (nSPS) is 15.8. The third-order valence-electron chi connectivity index (χ3n) is 4.23. The van der Waals surface area contributed by atoms with E-state index in [-0.39, 0.29) is 23.4 Å². The molecule has 0 spiro atoms. The van der Waals surface area contributed by atoms with Crippen molar-refractivity contribution in [2.45, 2.75) is 13.0 Å². The average molecular weight is 416 g/mol. The minimum atomic E-state index is -1.02. The van der Waals surface area contributed by atoms with Crippen LogP contribution in [0.2, 0.25) is 0 Å². The van der Waals surface area contributed by atoms with Crippen LogP contribution in [0, 0.1) is 11.6 Å². The molecule has 2 amide bonds. The Bertz CT molecular complexity index is 987. The summed E-state index contributed by atoms with van der Waals surface area (Å²) < 4.78 is 36.9. The van der Waals surface area contributed by atoms with Crippen molar-refractivity contribution in [1.82, 2.24) is 10.6 Å². The van der Waals surface area contributed by atoms with E-state index in [0.717, 1.165) is 12.1 Å². The minimum absolute atomic E-state index is 0.0104. The van der Waals surface area contributed by atoms with Gasteiger partial charge in [0, 0.05) is 6.07 Å². The van der Waals surface area contributed by atoms with E-state index in [1.807, 2.05) is 0 Å². The van der Waals surface area contributed by atoms with Crippen molar-refractivity contribution in [2.24, 2.45) is 0 Å². The van der Waals surface area contributed by atoms with Gasteiger partial charge in [0.25, 0.3) is 0 Å². The smallest absolute Gasteiger partial charge is 0.338 e. The maximum atomic E-state index is 13.3. The highest BCUT2D eigenvalue weighted by atomic mass is 19.1. The second-order valence-corrected chi connectivity index (χ2v) is 6.29. The number of benzene rings is 2. The first-order chi connectivity index (χ1) is 14.4. The minimum Gasteiger partial charge on any atom is -0.463 e. The van der Waals surface area contributed by atoms with Crippen molar-refractivity contribution in [2.75, 3.05) is 13.2 Å². The van der Waals surface area contributed by atoms with Gasteiger partial charge in [0.2, 0.25) is 0 Å². The van der Waals surface area contributed by atoms with E-state index < -0.39 is 42.3 Å². The summed E-state index contributed by atoms with van der Waals surface area (Å²) in [4.78, 5) is 36.9. The summed E-state index contributed by atoms with van der Waals surface area (Å²) in [7, 11) is 0. The third kappa shape index (κ3) is 4.80. The summed E-state index contributed by atoms with van der Waals surface area (Å²) in [5, 5.41) is 5.08. The van der Waals surface area contributed by atoms with Crippen LogP contribution in [-0.4, -0.2) is 31.2 Å². The largest absolute Gasteiger partial charge is 0.463 e. The van der Waals surface area contributed by atoms with Crippen LogP contribution in [0.3, 0.4) is 0 Å². The summed E-state index contributed by atoms with van der Waals surface area (Å²) in [6.45, 7) is 1.21. The van der Waals surface area contributed by atoms with Gasteiger partial charge in [-0.3, -0.25) is 0 Å². The molecular weight excluding hydrogens is 398 g/mol. The van der Waals surface area contributed by atoms with Gasteiger partial charge in [-0.1, -0.05) is 30.3 Å². The lowest BCUT2D eigenvalue weighted by molar-refractivity contribution is -0.139. The number of urea groups is 1. The number of esters is 2. The van der Waals surface area contributed by atoms with Crippen LogP contribution in [0.4, 0.5) is 13.6 Å². The predicted molar refractivity (Wildman–Crippen MR) is 101 cm³/mol. The van der Waals surface area contributed by atoms with E-state index in [0.29, 0.717) is 11.6 Å². The monoisotopic (exact) mass is 416 g/mol. The van der Waals surface area contributed by atoms with Crippen LogP contribution in [0.15, 0.2) is 59.8 Å². The fourth-order valence-corrected chi connectivity index (χ4v) is 2.97. The fraction of sp³-hybridized carbons (Fsp3) is 0.190. The number of carbonyl (C=O) groups excluding carboxylic acids is 3. The molecule has 2 aromatic carbocycles. The molecule has 3 rings (SSSR count). The number of hydrogen-bond acceptors (Lipinski definition) is 5. The highest BCUT2D eigenvalue weighted by molar-refractivity contribution is 5.95. The molecule has 0 unspecified atom stereocenters. The van der Waals surface area contributed by atoms with Gasteiger partial charge in [-0.25, -0.2) is 23.2 Å². The molecule has 1 aliphatic heterocycles. The lowest BCUT2D eigenvalue weighted by atomic mass is 9.95. The van der Waals surface area contributed by atoms with Gasteiger partial charge in [-0.05, 0) is 24.6 Å². The fourth-order valence-electron chi connectivity index (χ4n) is 2.97. The van der Waals surface area contributed by atoms with Gasteiger partial charge < -0.3 is 20.1 Å². The molecule has 9 heteroatoms. The van der Waals surface area contributed by atoms with E-state index in [1.165, 1.54) is 0 Å². The van der Waals surface area contributed by atoms with Crippen molar-refractivity contribution in [3.63, 3.8) is 0 Å². The highest BCUT2D eigenvalue weighted by Gasteiger charge is 2.34. The van der Waals surface area contributed by atoms with Crippen molar-refractivity contribution >= 4 is 18.0 Å².